The van der Waals surface area contributed by atoms with Gasteiger partial charge in [-0.1, -0.05) is 19.8 Å². The molecule has 4 heteroatoms. The van der Waals surface area contributed by atoms with Crippen molar-refractivity contribution >= 4 is 5.97 Å². The van der Waals surface area contributed by atoms with Gasteiger partial charge in [0.2, 0.25) is 0 Å². The van der Waals surface area contributed by atoms with E-state index in [1.54, 1.807) is 0 Å². The number of carboxylic acids is 1. The van der Waals surface area contributed by atoms with Gasteiger partial charge >= 0.3 is 5.97 Å². The second-order valence-electron chi connectivity index (χ2n) is 4.92. The quantitative estimate of drug-likeness (QED) is 0.722. The van der Waals surface area contributed by atoms with Gasteiger partial charge in [0.05, 0.1) is 12.2 Å². The smallest absolute Gasteiger partial charge is 0.320 e. The third kappa shape index (κ3) is 2.55. The van der Waals surface area contributed by atoms with Gasteiger partial charge in [-0.15, -0.1) is 0 Å². The molecule has 0 aromatic carbocycles. The Balaban J connectivity index is 1.83. The number of rotatable bonds is 6. The first kappa shape index (κ1) is 11.9. The third-order valence-corrected chi connectivity index (χ3v) is 3.67. The molecule has 0 aromatic heterocycles. The number of carboxylic acid groups (broad SMARTS) is 1. The fraction of sp³-hybridized carbons (Fsp3) is 0.917. The Hall–Kier alpha value is -0.610. The Morgan fingerprint density at radius 3 is 2.88 bits per heavy atom. The maximum absolute atomic E-state index is 11.1. The van der Waals surface area contributed by atoms with Gasteiger partial charge < -0.3 is 9.84 Å². The van der Waals surface area contributed by atoms with Crippen molar-refractivity contribution in [3.05, 3.63) is 0 Å². The van der Waals surface area contributed by atoms with E-state index in [1.807, 2.05) is 0 Å². The number of unbranched alkanes of at least 4 members (excludes halogenated alkanes) is 1. The van der Waals surface area contributed by atoms with Crippen LogP contribution in [0.3, 0.4) is 0 Å². The second-order valence-corrected chi connectivity index (χ2v) is 4.92. The van der Waals surface area contributed by atoms with Gasteiger partial charge in [0.25, 0.3) is 0 Å². The second kappa shape index (κ2) is 5.15. The van der Waals surface area contributed by atoms with Gasteiger partial charge in [-0.05, 0) is 25.7 Å². The van der Waals surface area contributed by atoms with Crippen LogP contribution in [0.25, 0.3) is 0 Å². The van der Waals surface area contributed by atoms with E-state index < -0.39 is 12.0 Å². The van der Waals surface area contributed by atoms with Gasteiger partial charge in [0, 0.05) is 6.04 Å². The lowest BCUT2D eigenvalue weighted by Gasteiger charge is -2.24. The van der Waals surface area contributed by atoms with Crippen LogP contribution >= 0.6 is 0 Å². The first-order valence-corrected chi connectivity index (χ1v) is 6.35. The molecule has 2 aliphatic rings. The SMILES string of the molecule is CCCCC(NC1CC2CCC1O2)C(=O)O. The molecule has 2 rings (SSSR count). The molecule has 2 heterocycles. The lowest BCUT2D eigenvalue weighted by molar-refractivity contribution is -0.140. The molecule has 2 bridgehead atoms. The Kier molecular flexibility index (Phi) is 3.82. The lowest BCUT2D eigenvalue weighted by Crippen LogP contribution is -2.47. The molecule has 4 atom stereocenters. The van der Waals surface area contributed by atoms with E-state index in [0.717, 1.165) is 38.5 Å². The monoisotopic (exact) mass is 227 g/mol. The number of ether oxygens (including phenoxy) is 1. The molecule has 0 saturated carbocycles. The highest BCUT2D eigenvalue weighted by Crippen LogP contribution is 2.34. The van der Waals surface area contributed by atoms with Gasteiger partial charge in [0.1, 0.15) is 6.04 Å². The molecule has 2 aliphatic heterocycles. The third-order valence-electron chi connectivity index (χ3n) is 3.67. The lowest BCUT2D eigenvalue weighted by atomic mass is 9.94. The summed E-state index contributed by atoms with van der Waals surface area (Å²) in [6.07, 6.45) is 6.58. The normalized spacial score (nSPS) is 34.2. The van der Waals surface area contributed by atoms with Gasteiger partial charge in [-0.25, -0.2) is 0 Å². The predicted molar refractivity (Wildman–Crippen MR) is 60.4 cm³/mol. The van der Waals surface area contributed by atoms with E-state index >= 15 is 0 Å². The highest BCUT2D eigenvalue weighted by molar-refractivity contribution is 5.73. The zero-order valence-corrected chi connectivity index (χ0v) is 9.82. The van der Waals surface area contributed by atoms with E-state index in [2.05, 4.69) is 12.2 Å². The average molecular weight is 227 g/mol. The molecule has 0 spiro atoms. The molecule has 2 saturated heterocycles. The molecule has 2 N–H and O–H groups in total. The highest BCUT2D eigenvalue weighted by Gasteiger charge is 2.41. The van der Waals surface area contributed by atoms with E-state index in [1.165, 1.54) is 0 Å². The Morgan fingerprint density at radius 1 is 1.56 bits per heavy atom. The number of aliphatic carboxylic acids is 1. The van der Waals surface area contributed by atoms with Crippen LogP contribution in [0.15, 0.2) is 0 Å². The first-order valence-electron chi connectivity index (χ1n) is 6.35. The zero-order chi connectivity index (χ0) is 11.5. The maximum atomic E-state index is 11.1. The minimum atomic E-state index is -0.726. The molecule has 4 unspecified atom stereocenters. The average Bonchev–Trinajstić information content (AvgIpc) is 2.85. The number of hydrogen-bond donors (Lipinski definition) is 2. The van der Waals surface area contributed by atoms with Gasteiger partial charge in [0.15, 0.2) is 0 Å². The van der Waals surface area contributed by atoms with Crippen molar-refractivity contribution in [1.82, 2.24) is 5.32 Å². The fourth-order valence-electron chi connectivity index (χ4n) is 2.76. The topological polar surface area (TPSA) is 58.6 Å². The largest absolute Gasteiger partial charge is 0.480 e. The van der Waals surface area contributed by atoms with Crippen LogP contribution in [-0.2, 0) is 9.53 Å². The first-order chi connectivity index (χ1) is 7.70. The summed E-state index contributed by atoms with van der Waals surface area (Å²) in [4.78, 5) is 11.1. The zero-order valence-electron chi connectivity index (χ0n) is 9.82. The molecular weight excluding hydrogens is 206 g/mol. The predicted octanol–water partition coefficient (Wildman–Crippen LogP) is 1.54. The van der Waals surface area contributed by atoms with Gasteiger partial charge in [-0.3, -0.25) is 10.1 Å². The minimum Gasteiger partial charge on any atom is -0.480 e. The van der Waals surface area contributed by atoms with Crippen molar-refractivity contribution in [2.24, 2.45) is 0 Å². The van der Waals surface area contributed by atoms with Crippen molar-refractivity contribution in [2.75, 3.05) is 0 Å². The Morgan fingerprint density at radius 2 is 2.38 bits per heavy atom. The van der Waals surface area contributed by atoms with Crippen LogP contribution in [0.1, 0.15) is 45.4 Å². The molecule has 2 fully saturated rings. The van der Waals surface area contributed by atoms with Crippen molar-refractivity contribution < 1.29 is 14.6 Å². The number of fused-ring (bicyclic) bond motifs is 2. The number of hydrogen-bond acceptors (Lipinski definition) is 3. The molecule has 16 heavy (non-hydrogen) atoms. The Bertz CT molecular complexity index is 257. The molecule has 92 valence electrons. The summed E-state index contributed by atoms with van der Waals surface area (Å²) >= 11 is 0. The molecule has 4 nitrogen and oxygen atoms in total. The molecule has 0 radical (unpaired) electrons. The minimum absolute atomic E-state index is 0.258. The van der Waals surface area contributed by atoms with Crippen molar-refractivity contribution in [3.8, 4) is 0 Å². The fourth-order valence-corrected chi connectivity index (χ4v) is 2.76. The van der Waals surface area contributed by atoms with Crippen LogP contribution in [-0.4, -0.2) is 35.4 Å². The summed E-state index contributed by atoms with van der Waals surface area (Å²) in [5.41, 5.74) is 0. The molecule has 0 amide bonds. The summed E-state index contributed by atoms with van der Waals surface area (Å²) in [7, 11) is 0. The van der Waals surface area contributed by atoms with Crippen molar-refractivity contribution in [3.63, 3.8) is 0 Å². The summed E-state index contributed by atoms with van der Waals surface area (Å²) < 4.78 is 5.71. The Labute approximate surface area is 96.4 Å². The van der Waals surface area contributed by atoms with Crippen LogP contribution in [0.4, 0.5) is 0 Å². The summed E-state index contributed by atoms with van der Waals surface area (Å²) in [5.74, 6) is -0.726. The highest BCUT2D eigenvalue weighted by atomic mass is 16.5. The number of carbonyl (C=O) groups is 1. The summed E-state index contributed by atoms with van der Waals surface area (Å²) in [5, 5.41) is 12.4. The van der Waals surface area contributed by atoms with E-state index in [9.17, 15) is 4.79 Å². The number of nitrogens with one attached hydrogen (secondary N) is 1. The van der Waals surface area contributed by atoms with Crippen LogP contribution < -0.4 is 5.32 Å². The standard InChI is InChI=1S/C12H21NO3/c1-2-3-4-9(12(14)15)13-10-7-8-5-6-11(10)16-8/h8-11,13H,2-7H2,1H3,(H,14,15). The van der Waals surface area contributed by atoms with Crippen molar-refractivity contribution in [1.29, 1.82) is 0 Å². The summed E-state index contributed by atoms with van der Waals surface area (Å²) in [6, 6.07) is -0.135. The maximum Gasteiger partial charge on any atom is 0.320 e. The van der Waals surface area contributed by atoms with E-state index in [0.29, 0.717) is 6.10 Å². The molecular formula is C12H21NO3. The molecule has 0 aliphatic carbocycles. The van der Waals surface area contributed by atoms with Crippen LogP contribution in [0, 0.1) is 0 Å². The van der Waals surface area contributed by atoms with Crippen LogP contribution in [0.5, 0.6) is 0 Å². The van der Waals surface area contributed by atoms with Crippen LogP contribution in [0.2, 0.25) is 0 Å². The van der Waals surface area contributed by atoms with Gasteiger partial charge in [-0.2, -0.15) is 0 Å². The summed E-state index contributed by atoms with van der Waals surface area (Å²) in [6.45, 7) is 2.08. The van der Waals surface area contributed by atoms with Crippen molar-refractivity contribution in [2.45, 2.75) is 69.7 Å². The van der Waals surface area contributed by atoms with E-state index in [-0.39, 0.29) is 12.1 Å². The molecule has 0 aromatic rings. The van der Waals surface area contributed by atoms with E-state index in [4.69, 9.17) is 9.84 Å².